The number of fused-ring (bicyclic) bond motifs is 1. The van der Waals surface area contributed by atoms with Crippen molar-refractivity contribution in [3.05, 3.63) is 53.1 Å². The van der Waals surface area contributed by atoms with E-state index in [1.807, 2.05) is 32.0 Å². The summed E-state index contributed by atoms with van der Waals surface area (Å²) in [6, 6.07) is 9.21. The second kappa shape index (κ2) is 6.84. The molecule has 3 aromatic rings. The number of hydrogen-bond donors (Lipinski definition) is 1. The lowest BCUT2D eigenvalue weighted by atomic mass is 10.1. The Labute approximate surface area is 164 Å². The second-order valence-corrected chi connectivity index (χ2v) is 8.03. The Balaban J connectivity index is 1.89. The molecule has 0 bridgehead atoms. The molecule has 28 heavy (non-hydrogen) atoms. The zero-order valence-electron chi connectivity index (χ0n) is 15.3. The van der Waals surface area contributed by atoms with Gasteiger partial charge in [-0.15, -0.1) is 5.11 Å². The largest absolute Gasteiger partial charge is 0.493 e. The van der Waals surface area contributed by atoms with Crippen molar-refractivity contribution in [1.29, 1.82) is 0 Å². The molecule has 2 aromatic carbocycles. The van der Waals surface area contributed by atoms with Crippen molar-refractivity contribution in [3.8, 4) is 5.88 Å². The van der Waals surface area contributed by atoms with Gasteiger partial charge in [0.1, 0.15) is 0 Å². The molecule has 0 aliphatic carbocycles. The van der Waals surface area contributed by atoms with Gasteiger partial charge in [-0.1, -0.05) is 12.1 Å². The minimum atomic E-state index is -4.47. The second-order valence-electron chi connectivity index (χ2n) is 6.95. The molecule has 4 nitrogen and oxygen atoms in total. The highest BCUT2D eigenvalue weighted by atomic mass is 32.2. The lowest BCUT2D eigenvalue weighted by Gasteiger charge is -2.27. The molecule has 4 rings (SSSR count). The van der Waals surface area contributed by atoms with Gasteiger partial charge >= 0.3 is 6.18 Å². The van der Waals surface area contributed by atoms with Gasteiger partial charge in [0.05, 0.1) is 22.8 Å². The summed E-state index contributed by atoms with van der Waals surface area (Å²) in [6.07, 6.45) is -4.47. The molecule has 0 saturated carbocycles. The number of nitrogens with zero attached hydrogens (tertiary/aromatic N) is 3. The van der Waals surface area contributed by atoms with Crippen LogP contribution in [0, 0.1) is 13.8 Å². The van der Waals surface area contributed by atoms with Gasteiger partial charge in [0.15, 0.2) is 5.69 Å². The average molecular weight is 405 g/mol. The monoisotopic (exact) mass is 405 g/mol. The maximum atomic E-state index is 13.2. The number of aromatic hydroxyl groups is 1. The number of azo groups is 1. The van der Waals surface area contributed by atoms with Crippen LogP contribution < -0.4 is 0 Å². The standard InChI is InChI=1S/C20H18F3N3OS/c1-11-3-4-12(2)16(7-11)24-25-18-15-8-13(20(21,22)23)5-6-17(15)26(19(18)27)14-9-28-10-14/h3-8,14,27H,9-10H2,1-2H3. The van der Waals surface area contributed by atoms with Crippen LogP contribution in [0.4, 0.5) is 24.5 Å². The number of rotatable bonds is 3. The molecule has 2 heterocycles. The third-order valence-corrected chi connectivity index (χ3v) is 6.13. The molecular formula is C20H18F3N3OS. The fourth-order valence-electron chi connectivity index (χ4n) is 3.23. The van der Waals surface area contributed by atoms with E-state index in [0.29, 0.717) is 11.2 Å². The van der Waals surface area contributed by atoms with E-state index in [-0.39, 0.29) is 23.0 Å². The maximum Gasteiger partial charge on any atom is 0.416 e. The van der Waals surface area contributed by atoms with Gasteiger partial charge in [-0.05, 0) is 49.2 Å². The highest BCUT2D eigenvalue weighted by Crippen LogP contribution is 2.46. The predicted octanol–water partition coefficient (Wildman–Crippen LogP) is 6.69. The Bertz CT molecular complexity index is 1080. The normalized spacial score (nSPS) is 15.5. The van der Waals surface area contributed by atoms with Crippen LogP contribution in [0.1, 0.15) is 22.7 Å². The van der Waals surface area contributed by atoms with Crippen LogP contribution >= 0.6 is 11.8 Å². The van der Waals surface area contributed by atoms with E-state index in [1.54, 1.807) is 16.3 Å². The van der Waals surface area contributed by atoms with Crippen molar-refractivity contribution in [2.75, 3.05) is 11.5 Å². The Kier molecular flexibility index (Phi) is 4.61. The molecule has 1 N–H and O–H groups in total. The van der Waals surface area contributed by atoms with Crippen LogP contribution in [0.25, 0.3) is 10.9 Å². The molecule has 1 aliphatic heterocycles. The van der Waals surface area contributed by atoms with E-state index in [1.165, 1.54) is 6.07 Å². The first kappa shape index (κ1) is 18.9. The quantitative estimate of drug-likeness (QED) is 0.494. The molecular weight excluding hydrogens is 387 g/mol. The Morgan fingerprint density at radius 1 is 1.07 bits per heavy atom. The number of hydrogen-bond acceptors (Lipinski definition) is 4. The summed E-state index contributed by atoms with van der Waals surface area (Å²) in [4.78, 5) is 0. The summed E-state index contributed by atoms with van der Waals surface area (Å²) < 4.78 is 41.3. The van der Waals surface area contributed by atoms with Crippen molar-refractivity contribution in [3.63, 3.8) is 0 Å². The first-order chi connectivity index (χ1) is 13.3. The van der Waals surface area contributed by atoms with Gasteiger partial charge in [0, 0.05) is 16.9 Å². The first-order valence-corrected chi connectivity index (χ1v) is 9.92. The van der Waals surface area contributed by atoms with Gasteiger partial charge < -0.3 is 9.67 Å². The summed E-state index contributed by atoms with van der Waals surface area (Å²) in [5, 5.41) is 19.4. The van der Waals surface area contributed by atoms with Gasteiger partial charge in [-0.3, -0.25) is 0 Å². The zero-order chi connectivity index (χ0) is 20.1. The van der Waals surface area contributed by atoms with E-state index in [0.717, 1.165) is 34.8 Å². The SMILES string of the molecule is Cc1ccc(C)c(N=Nc2c(O)n(C3CSC3)c3ccc(C(F)(F)F)cc23)c1. The molecule has 8 heteroatoms. The van der Waals surface area contributed by atoms with Crippen LogP contribution in [0.3, 0.4) is 0 Å². The summed E-state index contributed by atoms with van der Waals surface area (Å²) >= 11 is 1.72. The van der Waals surface area contributed by atoms with E-state index in [2.05, 4.69) is 10.2 Å². The predicted molar refractivity (Wildman–Crippen MR) is 105 cm³/mol. The molecule has 0 atom stereocenters. The zero-order valence-corrected chi connectivity index (χ0v) is 16.1. The lowest BCUT2D eigenvalue weighted by Crippen LogP contribution is -2.22. The van der Waals surface area contributed by atoms with E-state index < -0.39 is 11.7 Å². The Morgan fingerprint density at radius 3 is 2.46 bits per heavy atom. The highest BCUT2D eigenvalue weighted by molar-refractivity contribution is 8.00. The van der Waals surface area contributed by atoms with Gasteiger partial charge in [0.2, 0.25) is 5.88 Å². The van der Waals surface area contributed by atoms with Crippen molar-refractivity contribution < 1.29 is 18.3 Å². The smallest absolute Gasteiger partial charge is 0.416 e. The summed E-state index contributed by atoms with van der Waals surface area (Å²) in [7, 11) is 0. The van der Waals surface area contributed by atoms with Crippen molar-refractivity contribution in [2.45, 2.75) is 26.1 Å². The van der Waals surface area contributed by atoms with Crippen LogP contribution in [0.5, 0.6) is 5.88 Å². The maximum absolute atomic E-state index is 13.2. The molecule has 1 aromatic heterocycles. The fourth-order valence-corrected chi connectivity index (χ4v) is 3.98. The number of aryl methyl sites for hydroxylation is 2. The lowest BCUT2D eigenvalue weighted by molar-refractivity contribution is -0.137. The third-order valence-electron chi connectivity index (χ3n) is 4.89. The molecule has 1 fully saturated rings. The minimum absolute atomic E-state index is 0.0360. The average Bonchev–Trinajstić information content (AvgIpc) is 2.85. The molecule has 0 spiro atoms. The molecule has 1 saturated heterocycles. The topological polar surface area (TPSA) is 49.9 Å². The number of alkyl halides is 3. The van der Waals surface area contributed by atoms with Crippen LogP contribution in [0.15, 0.2) is 46.6 Å². The molecule has 0 radical (unpaired) electrons. The van der Waals surface area contributed by atoms with E-state index in [9.17, 15) is 18.3 Å². The third kappa shape index (κ3) is 3.26. The van der Waals surface area contributed by atoms with E-state index >= 15 is 0 Å². The highest BCUT2D eigenvalue weighted by Gasteiger charge is 2.33. The Morgan fingerprint density at radius 2 is 1.82 bits per heavy atom. The Hall–Kier alpha value is -2.48. The van der Waals surface area contributed by atoms with Gasteiger partial charge in [0.25, 0.3) is 0 Å². The van der Waals surface area contributed by atoms with Crippen molar-refractivity contribution >= 4 is 34.0 Å². The summed E-state index contributed by atoms with van der Waals surface area (Å²) in [6.45, 7) is 3.80. The van der Waals surface area contributed by atoms with Crippen LogP contribution in [-0.4, -0.2) is 21.2 Å². The van der Waals surface area contributed by atoms with Crippen LogP contribution in [0.2, 0.25) is 0 Å². The van der Waals surface area contributed by atoms with Crippen molar-refractivity contribution in [1.82, 2.24) is 4.57 Å². The number of benzene rings is 2. The first-order valence-electron chi connectivity index (χ1n) is 8.76. The van der Waals surface area contributed by atoms with Gasteiger partial charge in [-0.2, -0.15) is 30.0 Å². The fraction of sp³-hybridized carbons (Fsp3) is 0.300. The number of halogens is 3. The molecule has 0 amide bonds. The van der Waals surface area contributed by atoms with Gasteiger partial charge in [-0.25, -0.2) is 0 Å². The number of thioether (sulfide) groups is 1. The van der Waals surface area contributed by atoms with Crippen molar-refractivity contribution in [2.24, 2.45) is 10.2 Å². The summed E-state index contributed by atoms with van der Waals surface area (Å²) in [5.74, 6) is 1.45. The number of aromatic nitrogens is 1. The summed E-state index contributed by atoms with van der Waals surface area (Å²) in [5.41, 5.74) is 2.33. The molecule has 146 valence electrons. The van der Waals surface area contributed by atoms with E-state index in [4.69, 9.17) is 0 Å². The molecule has 0 unspecified atom stereocenters. The minimum Gasteiger partial charge on any atom is -0.493 e. The molecule has 1 aliphatic rings. The van der Waals surface area contributed by atoms with Crippen LogP contribution in [-0.2, 0) is 6.18 Å².